The number of amides is 2. The Kier molecular flexibility index (Phi) is 11.2. The number of rotatable bonds is 14. The first kappa shape index (κ1) is 29.1. The summed E-state index contributed by atoms with van der Waals surface area (Å²) in [5, 5.41) is 2.91. The maximum atomic E-state index is 13.8. The van der Waals surface area contributed by atoms with Crippen LogP contribution in [0.1, 0.15) is 38.7 Å². The summed E-state index contributed by atoms with van der Waals surface area (Å²) >= 11 is 0. The smallest absolute Gasteiger partial charge is 0.304 e. The lowest BCUT2D eigenvalue weighted by Crippen LogP contribution is -2.53. The zero-order chi connectivity index (χ0) is 26.7. The van der Waals surface area contributed by atoms with E-state index in [9.17, 15) is 18.0 Å². The predicted molar refractivity (Wildman–Crippen MR) is 142 cm³/mol. The van der Waals surface area contributed by atoms with Gasteiger partial charge in [-0.15, -0.1) is 0 Å². The van der Waals surface area contributed by atoms with Gasteiger partial charge in [0.05, 0.1) is 12.8 Å². The summed E-state index contributed by atoms with van der Waals surface area (Å²) in [6, 6.07) is 14.9. The molecule has 1 N–H and O–H groups in total. The van der Waals surface area contributed by atoms with Crippen LogP contribution in [-0.2, 0) is 26.3 Å². The molecule has 2 rings (SSSR count). The van der Waals surface area contributed by atoms with Crippen LogP contribution >= 0.6 is 0 Å². The number of ether oxygens (including phenoxy) is 1. The van der Waals surface area contributed by atoms with Crippen molar-refractivity contribution in [3.8, 4) is 5.75 Å². The number of methoxy groups -OCH3 is 1. The van der Waals surface area contributed by atoms with E-state index in [1.807, 2.05) is 26.0 Å². The standard InChI is InChI=1S/C26H38N4O5S/c1-6-8-18-27-26(32)24(7-2)29(19-21-14-16-23(35-5)17-15-21)25(31)20-30(36(33,34)28(3)4)22-12-10-9-11-13-22/h9-17,24H,6-8,18-20H2,1-5H3,(H,27,32). The van der Waals surface area contributed by atoms with Gasteiger partial charge in [0.2, 0.25) is 11.8 Å². The van der Waals surface area contributed by atoms with Crippen molar-refractivity contribution in [2.75, 3.05) is 38.6 Å². The van der Waals surface area contributed by atoms with Gasteiger partial charge in [0, 0.05) is 27.2 Å². The quantitative estimate of drug-likeness (QED) is 0.388. The second kappa shape index (κ2) is 13.8. The number of carbonyl (C=O) groups is 2. The zero-order valence-corrected chi connectivity index (χ0v) is 22.6. The molecule has 10 heteroatoms. The molecule has 0 saturated heterocycles. The molecule has 0 radical (unpaired) electrons. The Morgan fingerprint density at radius 2 is 1.64 bits per heavy atom. The fourth-order valence-electron chi connectivity index (χ4n) is 3.66. The molecular weight excluding hydrogens is 480 g/mol. The second-order valence-corrected chi connectivity index (χ2v) is 10.6. The van der Waals surface area contributed by atoms with E-state index < -0.39 is 28.7 Å². The van der Waals surface area contributed by atoms with Crippen LogP contribution < -0.4 is 14.4 Å². The van der Waals surface area contributed by atoms with Crippen LogP contribution in [0.2, 0.25) is 0 Å². The van der Waals surface area contributed by atoms with Gasteiger partial charge in [-0.2, -0.15) is 12.7 Å². The maximum absolute atomic E-state index is 13.8. The number of hydrogen-bond donors (Lipinski definition) is 1. The fraction of sp³-hybridized carbons (Fsp3) is 0.462. The largest absolute Gasteiger partial charge is 0.497 e. The Balaban J connectivity index is 2.43. The maximum Gasteiger partial charge on any atom is 0.304 e. The molecule has 0 aromatic heterocycles. The molecule has 0 bridgehead atoms. The average Bonchev–Trinajstić information content (AvgIpc) is 2.87. The molecule has 36 heavy (non-hydrogen) atoms. The third kappa shape index (κ3) is 7.69. The number of carbonyl (C=O) groups excluding carboxylic acids is 2. The van der Waals surface area contributed by atoms with E-state index in [1.54, 1.807) is 49.6 Å². The number of unbranched alkanes of at least 4 members (excludes halogenated alkanes) is 1. The highest BCUT2D eigenvalue weighted by atomic mass is 32.2. The van der Waals surface area contributed by atoms with Gasteiger partial charge >= 0.3 is 10.2 Å². The van der Waals surface area contributed by atoms with Gasteiger partial charge in [0.25, 0.3) is 0 Å². The summed E-state index contributed by atoms with van der Waals surface area (Å²) in [5.74, 6) is -0.0552. The van der Waals surface area contributed by atoms with Crippen molar-refractivity contribution in [3.05, 3.63) is 60.2 Å². The van der Waals surface area contributed by atoms with Crippen LogP contribution in [0.15, 0.2) is 54.6 Å². The van der Waals surface area contributed by atoms with Crippen molar-refractivity contribution < 1.29 is 22.7 Å². The highest BCUT2D eigenvalue weighted by molar-refractivity contribution is 7.90. The molecule has 9 nitrogen and oxygen atoms in total. The van der Waals surface area contributed by atoms with Crippen molar-refractivity contribution in [1.82, 2.24) is 14.5 Å². The normalized spacial score (nSPS) is 12.2. The number of anilines is 1. The summed E-state index contributed by atoms with van der Waals surface area (Å²) in [4.78, 5) is 28.3. The molecule has 0 spiro atoms. The van der Waals surface area contributed by atoms with Gasteiger partial charge in [-0.3, -0.25) is 9.59 Å². The molecule has 1 atom stereocenters. The van der Waals surface area contributed by atoms with Crippen molar-refractivity contribution in [2.24, 2.45) is 0 Å². The average molecular weight is 519 g/mol. The number of hydrogen-bond acceptors (Lipinski definition) is 5. The van der Waals surface area contributed by atoms with Crippen LogP contribution in [0, 0.1) is 0 Å². The molecular formula is C26H38N4O5S. The molecule has 0 saturated carbocycles. The Bertz CT molecular complexity index is 1080. The number of nitrogens with one attached hydrogen (secondary N) is 1. The number of nitrogens with zero attached hydrogens (tertiary/aromatic N) is 3. The minimum atomic E-state index is -3.97. The van der Waals surface area contributed by atoms with Crippen molar-refractivity contribution in [3.63, 3.8) is 0 Å². The van der Waals surface area contributed by atoms with E-state index >= 15 is 0 Å². The lowest BCUT2D eigenvalue weighted by molar-refractivity contribution is -0.140. The first-order chi connectivity index (χ1) is 17.1. The molecule has 2 amide bonds. The zero-order valence-electron chi connectivity index (χ0n) is 21.8. The molecule has 1 unspecified atom stereocenters. The molecule has 198 valence electrons. The summed E-state index contributed by atoms with van der Waals surface area (Å²) in [6.45, 7) is 4.09. The summed E-state index contributed by atoms with van der Waals surface area (Å²) < 4.78 is 33.7. The molecule has 0 aliphatic carbocycles. The van der Waals surface area contributed by atoms with Crippen LogP contribution in [0.25, 0.3) is 0 Å². The van der Waals surface area contributed by atoms with Gasteiger partial charge in [-0.05, 0) is 42.7 Å². The first-order valence-electron chi connectivity index (χ1n) is 12.1. The summed E-state index contributed by atoms with van der Waals surface area (Å²) in [7, 11) is 0.436. The van der Waals surface area contributed by atoms with Crippen LogP contribution in [0.3, 0.4) is 0 Å². The summed E-state index contributed by atoms with van der Waals surface area (Å²) in [5.41, 5.74) is 1.16. The van der Waals surface area contributed by atoms with Crippen LogP contribution in [-0.4, -0.2) is 69.8 Å². The molecule has 0 fully saturated rings. The highest BCUT2D eigenvalue weighted by Gasteiger charge is 2.33. The van der Waals surface area contributed by atoms with Crippen molar-refractivity contribution in [2.45, 2.75) is 45.7 Å². The van der Waals surface area contributed by atoms with Crippen molar-refractivity contribution in [1.29, 1.82) is 0 Å². The molecule has 2 aromatic carbocycles. The Hall–Kier alpha value is -3.11. The van der Waals surface area contributed by atoms with E-state index in [1.165, 1.54) is 19.0 Å². The number of benzene rings is 2. The van der Waals surface area contributed by atoms with Crippen molar-refractivity contribution >= 4 is 27.7 Å². The SMILES string of the molecule is CCCCNC(=O)C(CC)N(Cc1ccc(OC)cc1)C(=O)CN(c1ccccc1)S(=O)(=O)N(C)C. The van der Waals surface area contributed by atoms with Gasteiger partial charge < -0.3 is 15.0 Å². The minimum Gasteiger partial charge on any atom is -0.497 e. The van der Waals surface area contributed by atoms with E-state index in [0.29, 0.717) is 24.4 Å². The van der Waals surface area contributed by atoms with E-state index in [-0.39, 0.29) is 12.5 Å². The molecule has 0 heterocycles. The topological polar surface area (TPSA) is 99.3 Å². The third-order valence-corrected chi connectivity index (χ3v) is 7.61. The molecule has 2 aromatic rings. The van der Waals surface area contributed by atoms with E-state index in [0.717, 1.165) is 27.0 Å². The monoisotopic (exact) mass is 518 g/mol. The highest BCUT2D eigenvalue weighted by Crippen LogP contribution is 2.21. The van der Waals surface area contributed by atoms with E-state index in [4.69, 9.17) is 4.74 Å². The second-order valence-electron chi connectivity index (χ2n) is 8.57. The lowest BCUT2D eigenvalue weighted by Gasteiger charge is -2.34. The lowest BCUT2D eigenvalue weighted by atomic mass is 10.1. The Morgan fingerprint density at radius 1 is 1.00 bits per heavy atom. The summed E-state index contributed by atoms with van der Waals surface area (Å²) in [6.07, 6.45) is 2.14. The third-order valence-electron chi connectivity index (χ3n) is 5.79. The first-order valence-corrected chi connectivity index (χ1v) is 13.5. The van der Waals surface area contributed by atoms with Gasteiger partial charge in [0.15, 0.2) is 0 Å². The fourth-order valence-corrected chi connectivity index (χ4v) is 4.72. The molecule has 0 aliphatic rings. The van der Waals surface area contributed by atoms with Gasteiger partial charge in [-0.25, -0.2) is 4.31 Å². The van der Waals surface area contributed by atoms with Crippen LogP contribution in [0.4, 0.5) is 5.69 Å². The van der Waals surface area contributed by atoms with Gasteiger partial charge in [-0.1, -0.05) is 50.6 Å². The molecule has 0 aliphatic heterocycles. The minimum absolute atomic E-state index is 0.146. The van der Waals surface area contributed by atoms with E-state index in [2.05, 4.69) is 5.32 Å². The number of para-hydroxylation sites is 1. The van der Waals surface area contributed by atoms with Gasteiger partial charge in [0.1, 0.15) is 18.3 Å². The Morgan fingerprint density at radius 3 is 2.17 bits per heavy atom. The Labute approximate surface area is 215 Å². The van der Waals surface area contributed by atoms with Crippen LogP contribution in [0.5, 0.6) is 5.75 Å². The predicted octanol–water partition coefficient (Wildman–Crippen LogP) is 3.03.